The van der Waals surface area contributed by atoms with Crippen LogP contribution in [0.1, 0.15) is 23.1 Å². The first-order valence-corrected chi connectivity index (χ1v) is 9.96. The Kier molecular flexibility index (Phi) is 9.32. The van der Waals surface area contributed by atoms with Gasteiger partial charge < -0.3 is 19.1 Å². The number of benzene rings is 1. The van der Waals surface area contributed by atoms with Gasteiger partial charge in [0.05, 0.1) is 30.4 Å². The Morgan fingerprint density at radius 3 is 2.38 bits per heavy atom. The first kappa shape index (κ1) is 22.1. The Hall–Kier alpha value is -1.90. The van der Waals surface area contributed by atoms with Gasteiger partial charge in [-0.15, -0.1) is 0 Å². The number of methoxy groups -OCH3 is 2. The van der Waals surface area contributed by atoms with Crippen molar-refractivity contribution in [2.45, 2.75) is 33.0 Å². The Morgan fingerprint density at radius 2 is 2.00 bits per heavy atom. The van der Waals surface area contributed by atoms with E-state index < -0.39 is 9.84 Å². The van der Waals surface area contributed by atoms with Crippen LogP contribution in [0.5, 0.6) is 5.75 Å². The van der Waals surface area contributed by atoms with Crippen molar-refractivity contribution in [1.82, 2.24) is 5.16 Å². The van der Waals surface area contributed by atoms with Crippen LogP contribution in [-0.2, 0) is 25.9 Å². The number of phenolic OH excluding ortho intramolecular Hbond substituents is 1. The lowest BCUT2D eigenvalue weighted by atomic mass is 10.1. The Morgan fingerprint density at radius 1 is 1.27 bits per heavy atom. The highest BCUT2D eigenvalue weighted by atomic mass is 32.2. The second kappa shape index (κ2) is 10.9. The predicted molar refractivity (Wildman–Crippen MR) is 98.9 cm³/mol. The molecule has 0 saturated carbocycles. The number of rotatable bonds is 3. The Bertz CT molecular complexity index is 743. The summed E-state index contributed by atoms with van der Waals surface area (Å²) >= 11 is 0. The molecule has 1 aliphatic heterocycles. The number of aromatic hydroxyl groups is 1. The third-order valence-electron chi connectivity index (χ3n) is 3.81. The molecule has 1 N–H and O–H groups in total. The molecular formula is C18H27NO6S. The van der Waals surface area contributed by atoms with Gasteiger partial charge in [0.25, 0.3) is 0 Å². The molecule has 1 saturated heterocycles. The average Bonchev–Trinajstić information content (AvgIpc) is 3.22. The molecule has 3 rings (SSSR count). The van der Waals surface area contributed by atoms with E-state index in [1.54, 1.807) is 38.8 Å². The summed E-state index contributed by atoms with van der Waals surface area (Å²) in [7, 11) is 0.447. The fourth-order valence-electron chi connectivity index (χ4n) is 2.14. The van der Waals surface area contributed by atoms with Crippen LogP contribution >= 0.6 is 0 Å². The zero-order valence-electron chi connectivity index (χ0n) is 15.6. The molecule has 7 nitrogen and oxygen atoms in total. The van der Waals surface area contributed by atoms with E-state index in [2.05, 4.69) is 9.68 Å². The first-order chi connectivity index (χ1) is 12.3. The third-order valence-corrected chi connectivity index (χ3v) is 5.55. The van der Waals surface area contributed by atoms with Crippen molar-refractivity contribution >= 4 is 9.84 Å². The quantitative estimate of drug-likeness (QED) is 0.867. The summed E-state index contributed by atoms with van der Waals surface area (Å²) in [5.74, 6) is 0.854. The van der Waals surface area contributed by atoms with Crippen molar-refractivity contribution in [2.24, 2.45) is 0 Å². The number of sulfone groups is 1. The van der Waals surface area contributed by atoms with Crippen LogP contribution in [-0.4, -0.2) is 50.5 Å². The second-order valence-electron chi connectivity index (χ2n) is 6.00. The second-order valence-corrected chi connectivity index (χ2v) is 8.22. The van der Waals surface area contributed by atoms with Gasteiger partial charge >= 0.3 is 0 Å². The summed E-state index contributed by atoms with van der Waals surface area (Å²) < 4.78 is 35.6. The van der Waals surface area contributed by atoms with Gasteiger partial charge in [-0.3, -0.25) is 0 Å². The van der Waals surface area contributed by atoms with E-state index in [4.69, 9.17) is 14.6 Å². The maximum atomic E-state index is 10.7. The average molecular weight is 385 g/mol. The molecule has 0 radical (unpaired) electrons. The van der Waals surface area contributed by atoms with E-state index in [-0.39, 0.29) is 11.9 Å². The lowest BCUT2D eigenvalue weighted by Crippen LogP contribution is -2.11. The predicted octanol–water partition coefficient (Wildman–Crippen LogP) is 2.65. The molecule has 1 fully saturated rings. The van der Waals surface area contributed by atoms with Crippen LogP contribution in [0.4, 0.5) is 0 Å². The smallest absolute Gasteiger partial charge is 0.152 e. The van der Waals surface area contributed by atoms with E-state index in [1.165, 1.54) is 5.56 Å². The topological polar surface area (TPSA) is 98.9 Å². The molecule has 1 aliphatic rings. The molecule has 1 aromatic carbocycles. The molecule has 2 aromatic rings. The van der Waals surface area contributed by atoms with Gasteiger partial charge in [0.2, 0.25) is 0 Å². The van der Waals surface area contributed by atoms with Gasteiger partial charge in [-0.05, 0) is 43.5 Å². The maximum Gasteiger partial charge on any atom is 0.152 e. The number of phenols is 1. The number of aryl methyl sites for hydroxylation is 2. The fourth-order valence-corrected chi connectivity index (χ4v) is 3.79. The first-order valence-electron chi connectivity index (χ1n) is 8.14. The highest BCUT2D eigenvalue weighted by Crippen LogP contribution is 2.14. The maximum absolute atomic E-state index is 10.7. The van der Waals surface area contributed by atoms with Crippen molar-refractivity contribution in [1.29, 1.82) is 0 Å². The van der Waals surface area contributed by atoms with Crippen molar-refractivity contribution < 1.29 is 27.5 Å². The number of hydrogen-bond acceptors (Lipinski definition) is 7. The molecular weight excluding hydrogens is 358 g/mol. The van der Waals surface area contributed by atoms with Gasteiger partial charge in [-0.1, -0.05) is 11.2 Å². The molecule has 0 amide bonds. The fraction of sp³-hybridized carbons (Fsp3) is 0.500. The molecule has 1 atom stereocenters. The molecule has 0 unspecified atom stereocenters. The van der Waals surface area contributed by atoms with Gasteiger partial charge in [-0.25, -0.2) is 8.42 Å². The Balaban J connectivity index is 0.000000195. The third kappa shape index (κ3) is 8.46. The largest absolute Gasteiger partial charge is 0.508 e. The summed E-state index contributed by atoms with van der Waals surface area (Å²) in [6.45, 7) is 4.58. The van der Waals surface area contributed by atoms with Crippen LogP contribution in [0.2, 0.25) is 0 Å². The van der Waals surface area contributed by atoms with Gasteiger partial charge in [-0.2, -0.15) is 0 Å². The summed E-state index contributed by atoms with van der Waals surface area (Å²) in [5, 5.41) is 12.4. The van der Waals surface area contributed by atoms with Gasteiger partial charge in [0.1, 0.15) is 12.0 Å². The van der Waals surface area contributed by atoms with Crippen LogP contribution in [0, 0.1) is 13.8 Å². The zero-order chi connectivity index (χ0) is 19.6. The summed E-state index contributed by atoms with van der Waals surface area (Å²) in [6, 6.07) is 5.36. The molecule has 26 heavy (non-hydrogen) atoms. The molecule has 0 spiro atoms. The van der Waals surface area contributed by atoms with E-state index >= 15 is 0 Å². The van der Waals surface area contributed by atoms with Crippen LogP contribution in [0.25, 0.3) is 0 Å². The normalized spacial score (nSPS) is 17.6. The van der Waals surface area contributed by atoms with Crippen LogP contribution in [0.3, 0.4) is 0 Å². The number of aromatic nitrogens is 1. The molecule has 1 aromatic heterocycles. The summed E-state index contributed by atoms with van der Waals surface area (Å²) in [5.41, 5.74) is 3.32. The summed E-state index contributed by atoms with van der Waals surface area (Å²) in [6.07, 6.45) is 3.81. The molecule has 8 heteroatoms. The standard InChI is InChI=1S/C8H10O.C5H7NO2.C5H10O3S/c1-6-3-4-8(9)5-7(6)2;1-7-3-5-2-6-8-4-5;1-8-5-2-3-9(6,7)4-5/h3-5,9H,1-2H3;2,4H,3H2,1H3;5H,2-4H2,1H3/t;;5-/m..0/s1. The van der Waals surface area contributed by atoms with Crippen molar-refractivity contribution in [2.75, 3.05) is 25.7 Å². The monoisotopic (exact) mass is 385 g/mol. The molecule has 146 valence electrons. The lowest BCUT2D eigenvalue weighted by Gasteiger charge is -2.00. The minimum absolute atomic E-state index is 0.0463. The van der Waals surface area contributed by atoms with Crippen molar-refractivity contribution in [3.05, 3.63) is 47.3 Å². The van der Waals surface area contributed by atoms with E-state index in [1.807, 2.05) is 19.9 Å². The molecule has 2 heterocycles. The van der Waals surface area contributed by atoms with Gasteiger partial charge in [0, 0.05) is 19.8 Å². The highest BCUT2D eigenvalue weighted by Gasteiger charge is 2.27. The molecule has 0 bridgehead atoms. The van der Waals surface area contributed by atoms with Crippen molar-refractivity contribution in [3.63, 3.8) is 0 Å². The Labute approximate surface area is 154 Å². The lowest BCUT2D eigenvalue weighted by molar-refractivity contribution is 0.124. The zero-order valence-corrected chi connectivity index (χ0v) is 16.5. The SMILES string of the molecule is COCc1cnoc1.CO[C@H]1CCS(=O)(=O)C1.Cc1ccc(O)cc1C. The van der Waals surface area contributed by atoms with Crippen molar-refractivity contribution in [3.8, 4) is 5.75 Å². The minimum atomic E-state index is -2.73. The number of hydrogen-bond donors (Lipinski definition) is 1. The number of ether oxygens (including phenoxy) is 2. The van der Waals surface area contributed by atoms with Crippen LogP contribution < -0.4 is 0 Å². The molecule has 0 aliphatic carbocycles. The van der Waals surface area contributed by atoms with E-state index in [0.717, 1.165) is 11.1 Å². The van der Waals surface area contributed by atoms with Crippen LogP contribution in [0.15, 0.2) is 35.2 Å². The van der Waals surface area contributed by atoms with E-state index in [9.17, 15) is 8.42 Å². The van der Waals surface area contributed by atoms with Gasteiger partial charge in [0.15, 0.2) is 9.84 Å². The minimum Gasteiger partial charge on any atom is -0.508 e. The highest BCUT2D eigenvalue weighted by molar-refractivity contribution is 7.91. The van der Waals surface area contributed by atoms with E-state index in [0.29, 0.717) is 24.5 Å². The number of nitrogens with zero attached hydrogens (tertiary/aromatic N) is 1. The summed E-state index contributed by atoms with van der Waals surface area (Å²) in [4.78, 5) is 0.